The van der Waals surface area contributed by atoms with Crippen LogP contribution in [0.25, 0.3) is 0 Å². The van der Waals surface area contributed by atoms with Gasteiger partial charge in [-0.25, -0.2) is 0 Å². The van der Waals surface area contributed by atoms with Crippen LogP contribution < -0.4 is 0 Å². The average Bonchev–Trinajstić information content (AvgIpc) is 3.24. The molecule has 1 aromatic carbocycles. The highest BCUT2D eigenvalue weighted by Crippen LogP contribution is 2.50. The van der Waals surface area contributed by atoms with Crippen molar-refractivity contribution < 1.29 is 19.1 Å². The molecule has 0 bridgehead atoms. The summed E-state index contributed by atoms with van der Waals surface area (Å²) in [5.41, 5.74) is 0.478. The molecule has 1 N–H and O–H groups in total. The van der Waals surface area contributed by atoms with Crippen molar-refractivity contribution in [2.45, 2.75) is 43.7 Å². The lowest BCUT2D eigenvalue weighted by molar-refractivity contribution is -0.143. The molecule has 2 heterocycles. The van der Waals surface area contributed by atoms with Gasteiger partial charge in [-0.15, -0.1) is 0 Å². The quantitative estimate of drug-likeness (QED) is 0.938. The van der Waals surface area contributed by atoms with Crippen molar-refractivity contribution in [3.05, 3.63) is 59.5 Å². The Balaban J connectivity index is 1.88. The standard InChI is InChI=1S/C19H19NO4/c21-17-15-8-2-1-7-14(15)16(18(22)23)19(9-3-4-10-19)20(17)12-13-6-5-11-24-13/h1-2,5-8,11,16H,3-4,9-10,12H2,(H,22,23)/t16-/m1/s1. The first kappa shape index (κ1) is 15.0. The molecule has 5 heteroatoms. The molecular weight excluding hydrogens is 306 g/mol. The summed E-state index contributed by atoms with van der Waals surface area (Å²) >= 11 is 0. The second-order valence-corrected chi connectivity index (χ2v) is 6.64. The highest BCUT2D eigenvalue weighted by atomic mass is 16.4. The van der Waals surface area contributed by atoms with Crippen molar-refractivity contribution in [3.63, 3.8) is 0 Å². The number of carbonyl (C=O) groups excluding carboxylic acids is 1. The molecule has 1 amide bonds. The number of carboxylic acid groups (broad SMARTS) is 1. The van der Waals surface area contributed by atoms with E-state index in [-0.39, 0.29) is 5.91 Å². The molecule has 24 heavy (non-hydrogen) atoms. The molecule has 0 unspecified atom stereocenters. The number of amides is 1. The number of hydrogen-bond acceptors (Lipinski definition) is 3. The lowest BCUT2D eigenvalue weighted by Gasteiger charge is -2.48. The molecular formula is C19H19NO4. The van der Waals surface area contributed by atoms with Gasteiger partial charge in [-0.3, -0.25) is 9.59 Å². The second-order valence-electron chi connectivity index (χ2n) is 6.64. The molecule has 1 spiro atoms. The minimum absolute atomic E-state index is 0.0959. The summed E-state index contributed by atoms with van der Waals surface area (Å²) in [4.78, 5) is 27.1. The fraction of sp³-hybridized carbons (Fsp3) is 0.368. The Kier molecular flexibility index (Phi) is 3.44. The number of benzene rings is 1. The largest absolute Gasteiger partial charge is 0.481 e. The Morgan fingerprint density at radius 3 is 2.62 bits per heavy atom. The van der Waals surface area contributed by atoms with Gasteiger partial charge < -0.3 is 14.4 Å². The number of hydrogen-bond donors (Lipinski definition) is 1. The first-order valence-corrected chi connectivity index (χ1v) is 8.29. The number of nitrogens with zero attached hydrogens (tertiary/aromatic N) is 1. The molecule has 2 aliphatic rings. The van der Waals surface area contributed by atoms with Crippen LogP contribution in [0.15, 0.2) is 47.1 Å². The Labute approximate surface area is 139 Å². The van der Waals surface area contributed by atoms with E-state index in [1.165, 1.54) is 0 Å². The van der Waals surface area contributed by atoms with Gasteiger partial charge in [0.05, 0.1) is 18.3 Å². The molecule has 0 radical (unpaired) electrons. The van der Waals surface area contributed by atoms with Crippen molar-refractivity contribution in [1.82, 2.24) is 4.90 Å². The normalized spacial score (nSPS) is 21.9. The average molecular weight is 325 g/mol. The van der Waals surface area contributed by atoms with E-state index in [1.807, 2.05) is 12.1 Å². The lowest BCUT2D eigenvalue weighted by atomic mass is 9.71. The fourth-order valence-corrected chi connectivity index (χ4v) is 4.43. The summed E-state index contributed by atoms with van der Waals surface area (Å²) in [6.45, 7) is 0.309. The van der Waals surface area contributed by atoms with Crippen LogP contribution in [0.5, 0.6) is 0 Å². The molecule has 1 aliphatic heterocycles. The third kappa shape index (κ3) is 2.08. The Morgan fingerprint density at radius 2 is 1.96 bits per heavy atom. The second kappa shape index (κ2) is 5.51. The minimum Gasteiger partial charge on any atom is -0.481 e. The lowest BCUT2D eigenvalue weighted by Crippen LogP contribution is -2.58. The van der Waals surface area contributed by atoms with Crippen LogP contribution in [0.1, 0.15) is 53.3 Å². The topological polar surface area (TPSA) is 70.8 Å². The summed E-state index contributed by atoms with van der Waals surface area (Å²) in [6.07, 6.45) is 4.88. The molecule has 1 aliphatic carbocycles. The smallest absolute Gasteiger partial charge is 0.313 e. The molecule has 5 nitrogen and oxygen atoms in total. The first-order valence-electron chi connectivity index (χ1n) is 8.29. The fourth-order valence-electron chi connectivity index (χ4n) is 4.43. The van der Waals surface area contributed by atoms with Gasteiger partial charge in [-0.1, -0.05) is 31.0 Å². The molecule has 124 valence electrons. The van der Waals surface area contributed by atoms with E-state index in [0.29, 0.717) is 36.3 Å². The minimum atomic E-state index is -0.860. The van der Waals surface area contributed by atoms with E-state index >= 15 is 0 Å². The van der Waals surface area contributed by atoms with Crippen LogP contribution in [0.2, 0.25) is 0 Å². The van der Waals surface area contributed by atoms with E-state index in [0.717, 1.165) is 12.8 Å². The Morgan fingerprint density at radius 1 is 1.21 bits per heavy atom. The van der Waals surface area contributed by atoms with Crippen LogP contribution in [0, 0.1) is 0 Å². The van der Waals surface area contributed by atoms with Gasteiger partial charge in [0.25, 0.3) is 5.91 Å². The van der Waals surface area contributed by atoms with Crippen molar-refractivity contribution in [3.8, 4) is 0 Å². The summed E-state index contributed by atoms with van der Waals surface area (Å²) in [7, 11) is 0. The van der Waals surface area contributed by atoms with Crippen molar-refractivity contribution >= 4 is 11.9 Å². The molecule has 1 saturated carbocycles. The summed E-state index contributed by atoms with van der Waals surface area (Å²) < 4.78 is 5.43. The van der Waals surface area contributed by atoms with E-state index in [4.69, 9.17) is 4.42 Å². The Bertz CT molecular complexity index is 774. The molecule has 1 aromatic heterocycles. The van der Waals surface area contributed by atoms with Crippen molar-refractivity contribution in [2.75, 3.05) is 0 Å². The SMILES string of the molecule is O=C(O)[C@H]1c2ccccc2C(=O)N(Cc2ccco2)C12CCCC2. The van der Waals surface area contributed by atoms with E-state index < -0.39 is 17.4 Å². The van der Waals surface area contributed by atoms with Gasteiger partial charge >= 0.3 is 5.97 Å². The van der Waals surface area contributed by atoms with Gasteiger partial charge in [0.1, 0.15) is 11.7 Å². The molecule has 4 rings (SSSR count). The summed E-state index contributed by atoms with van der Waals surface area (Å²) in [5.74, 6) is -0.968. The highest BCUT2D eigenvalue weighted by molar-refractivity contribution is 6.01. The maximum atomic E-state index is 13.2. The van der Waals surface area contributed by atoms with Crippen LogP contribution in [-0.4, -0.2) is 27.4 Å². The van der Waals surface area contributed by atoms with Gasteiger partial charge in [-0.05, 0) is 36.6 Å². The zero-order valence-corrected chi connectivity index (χ0v) is 13.3. The van der Waals surface area contributed by atoms with Crippen LogP contribution in [0.4, 0.5) is 0 Å². The van der Waals surface area contributed by atoms with E-state index in [1.54, 1.807) is 35.4 Å². The van der Waals surface area contributed by atoms with Gasteiger partial charge in [0.2, 0.25) is 0 Å². The molecule has 1 fully saturated rings. The Hall–Kier alpha value is -2.56. The maximum absolute atomic E-state index is 13.2. The molecule has 1 atom stereocenters. The van der Waals surface area contributed by atoms with Crippen LogP contribution >= 0.6 is 0 Å². The van der Waals surface area contributed by atoms with E-state index in [2.05, 4.69) is 0 Å². The zero-order valence-electron chi connectivity index (χ0n) is 13.3. The summed E-state index contributed by atoms with van der Waals surface area (Å²) in [5, 5.41) is 9.98. The third-order valence-electron chi connectivity index (χ3n) is 5.43. The van der Waals surface area contributed by atoms with Crippen LogP contribution in [0.3, 0.4) is 0 Å². The third-order valence-corrected chi connectivity index (χ3v) is 5.43. The number of rotatable bonds is 3. The van der Waals surface area contributed by atoms with Crippen LogP contribution in [-0.2, 0) is 11.3 Å². The predicted octanol–water partition coefficient (Wildman–Crippen LogP) is 3.42. The number of fused-ring (bicyclic) bond motifs is 1. The number of furan rings is 1. The molecule has 0 saturated heterocycles. The summed E-state index contributed by atoms with van der Waals surface area (Å²) in [6, 6.07) is 10.7. The number of carboxylic acids is 1. The maximum Gasteiger partial charge on any atom is 0.313 e. The number of carbonyl (C=O) groups is 2. The highest BCUT2D eigenvalue weighted by Gasteiger charge is 2.55. The van der Waals surface area contributed by atoms with Crippen molar-refractivity contribution in [1.29, 1.82) is 0 Å². The monoisotopic (exact) mass is 325 g/mol. The van der Waals surface area contributed by atoms with E-state index in [9.17, 15) is 14.7 Å². The zero-order chi connectivity index (χ0) is 16.7. The van der Waals surface area contributed by atoms with Gasteiger partial charge in [0, 0.05) is 5.56 Å². The number of aliphatic carboxylic acids is 1. The van der Waals surface area contributed by atoms with Gasteiger partial charge in [0.15, 0.2) is 0 Å². The first-order chi connectivity index (χ1) is 11.6. The predicted molar refractivity (Wildman–Crippen MR) is 86.6 cm³/mol. The van der Waals surface area contributed by atoms with Crippen molar-refractivity contribution in [2.24, 2.45) is 0 Å². The van der Waals surface area contributed by atoms with Gasteiger partial charge in [-0.2, -0.15) is 0 Å². The molecule has 2 aromatic rings.